The van der Waals surface area contributed by atoms with Gasteiger partial charge in [-0.3, -0.25) is 9.78 Å². The first kappa shape index (κ1) is 25.7. The smallest absolute Gasteiger partial charge is 0.252 e. The van der Waals surface area contributed by atoms with Crippen molar-refractivity contribution in [1.29, 1.82) is 0 Å². The number of hydrogen-bond donors (Lipinski definition) is 3. The SMILES string of the molecule is CNCCCNCc1cc(C(=O)NCC23CC4CC(CC(C4)C2)C3)c(Cl)cn1.Cl.Cl. The number of amides is 1. The zero-order chi connectivity index (χ0) is 19.6. The van der Waals surface area contributed by atoms with Crippen molar-refractivity contribution in [3.05, 3.63) is 28.5 Å². The number of nitrogens with zero attached hydrogens (tertiary/aromatic N) is 1. The number of pyridine rings is 1. The predicted octanol–water partition coefficient (Wildman–Crippen LogP) is 4.22. The second kappa shape index (κ2) is 11.3. The first-order valence-electron chi connectivity index (χ1n) is 10.8. The molecular formula is C22H35Cl3N4O. The van der Waals surface area contributed by atoms with Crippen LogP contribution >= 0.6 is 36.4 Å². The van der Waals surface area contributed by atoms with Crippen molar-refractivity contribution in [3.8, 4) is 0 Å². The van der Waals surface area contributed by atoms with Crippen molar-refractivity contribution >= 4 is 42.3 Å². The molecule has 0 unspecified atom stereocenters. The van der Waals surface area contributed by atoms with Crippen molar-refractivity contribution in [2.75, 3.05) is 26.7 Å². The van der Waals surface area contributed by atoms with E-state index in [2.05, 4.69) is 20.9 Å². The maximum atomic E-state index is 12.9. The van der Waals surface area contributed by atoms with Gasteiger partial charge in [-0.1, -0.05) is 11.6 Å². The molecular weight excluding hydrogens is 443 g/mol. The second-order valence-electron chi connectivity index (χ2n) is 9.39. The summed E-state index contributed by atoms with van der Waals surface area (Å²) >= 11 is 6.30. The summed E-state index contributed by atoms with van der Waals surface area (Å²) in [7, 11) is 1.95. The van der Waals surface area contributed by atoms with E-state index in [0.29, 0.717) is 22.5 Å². The molecule has 30 heavy (non-hydrogen) atoms. The lowest BCUT2D eigenvalue weighted by molar-refractivity contribution is -0.0503. The first-order valence-corrected chi connectivity index (χ1v) is 11.2. The highest BCUT2D eigenvalue weighted by molar-refractivity contribution is 6.33. The van der Waals surface area contributed by atoms with E-state index in [1.165, 1.54) is 38.5 Å². The molecule has 4 bridgehead atoms. The third kappa shape index (κ3) is 6.01. The fourth-order valence-electron chi connectivity index (χ4n) is 6.23. The number of hydrogen-bond acceptors (Lipinski definition) is 4. The Balaban J connectivity index is 0.00000160. The van der Waals surface area contributed by atoms with Crippen molar-refractivity contribution in [2.24, 2.45) is 23.2 Å². The Morgan fingerprint density at radius 2 is 1.77 bits per heavy atom. The average Bonchev–Trinajstić information content (AvgIpc) is 2.66. The van der Waals surface area contributed by atoms with Gasteiger partial charge in [0.2, 0.25) is 0 Å². The lowest BCUT2D eigenvalue weighted by atomic mass is 9.49. The van der Waals surface area contributed by atoms with E-state index in [9.17, 15) is 4.79 Å². The summed E-state index contributed by atoms with van der Waals surface area (Å²) in [6, 6.07) is 1.84. The Bertz CT molecular complexity index is 680. The average molecular weight is 478 g/mol. The quantitative estimate of drug-likeness (QED) is 0.466. The third-order valence-corrected chi connectivity index (χ3v) is 7.33. The van der Waals surface area contributed by atoms with Crippen LogP contribution in [0.2, 0.25) is 5.02 Å². The lowest BCUT2D eigenvalue weighted by Crippen LogP contribution is -2.51. The van der Waals surface area contributed by atoms with E-state index in [1.54, 1.807) is 6.20 Å². The largest absolute Gasteiger partial charge is 0.351 e. The molecule has 0 aliphatic heterocycles. The molecule has 4 fully saturated rings. The Labute approximate surface area is 197 Å². The van der Waals surface area contributed by atoms with Gasteiger partial charge in [0.05, 0.1) is 16.3 Å². The summed E-state index contributed by atoms with van der Waals surface area (Å²) < 4.78 is 0. The Morgan fingerprint density at radius 1 is 1.13 bits per heavy atom. The maximum Gasteiger partial charge on any atom is 0.252 e. The summed E-state index contributed by atoms with van der Waals surface area (Å²) in [5.74, 6) is 2.63. The highest BCUT2D eigenvalue weighted by Crippen LogP contribution is 2.59. The molecule has 1 amide bonds. The van der Waals surface area contributed by atoms with Crippen LogP contribution in [0.5, 0.6) is 0 Å². The van der Waals surface area contributed by atoms with E-state index >= 15 is 0 Å². The third-order valence-electron chi connectivity index (χ3n) is 7.03. The number of rotatable bonds is 9. The normalized spacial score (nSPS) is 28.5. The van der Waals surface area contributed by atoms with Crippen molar-refractivity contribution < 1.29 is 4.79 Å². The van der Waals surface area contributed by atoms with E-state index in [4.69, 9.17) is 11.6 Å². The molecule has 0 aromatic carbocycles. The topological polar surface area (TPSA) is 66.0 Å². The van der Waals surface area contributed by atoms with Gasteiger partial charge in [0.25, 0.3) is 5.91 Å². The van der Waals surface area contributed by atoms with Gasteiger partial charge in [0.1, 0.15) is 0 Å². The number of halogens is 3. The van der Waals surface area contributed by atoms with Crippen LogP contribution in [-0.4, -0.2) is 37.6 Å². The van der Waals surface area contributed by atoms with Gasteiger partial charge in [0.15, 0.2) is 0 Å². The number of carbonyl (C=O) groups is 1. The molecule has 5 rings (SSSR count). The van der Waals surface area contributed by atoms with Gasteiger partial charge in [-0.25, -0.2) is 0 Å². The Kier molecular flexibility index (Phi) is 9.69. The standard InChI is InChI=1S/C22H33ClN4O.2ClH/c1-24-3-2-4-25-12-18-8-19(20(23)13-26-18)21(28)27-14-22-9-15-5-16(10-22)7-17(6-15)11-22;;/h8,13,15-17,24-25H,2-7,9-12,14H2,1H3,(H,27,28);2*1H. The van der Waals surface area contributed by atoms with Gasteiger partial charge < -0.3 is 16.0 Å². The lowest BCUT2D eigenvalue weighted by Gasteiger charge is -2.56. The molecule has 4 aliphatic carbocycles. The highest BCUT2D eigenvalue weighted by atomic mass is 35.5. The van der Waals surface area contributed by atoms with Crippen LogP contribution in [0.1, 0.15) is 61.0 Å². The fourth-order valence-corrected chi connectivity index (χ4v) is 6.42. The molecule has 0 spiro atoms. The summed E-state index contributed by atoms with van der Waals surface area (Å²) in [4.78, 5) is 17.2. The second-order valence-corrected chi connectivity index (χ2v) is 9.80. The predicted molar refractivity (Wildman–Crippen MR) is 127 cm³/mol. The first-order chi connectivity index (χ1) is 13.6. The zero-order valence-corrected chi connectivity index (χ0v) is 20.1. The Morgan fingerprint density at radius 3 is 2.37 bits per heavy atom. The molecule has 0 radical (unpaired) electrons. The van der Waals surface area contributed by atoms with E-state index in [0.717, 1.165) is 49.5 Å². The Hall–Kier alpha value is -0.590. The van der Waals surface area contributed by atoms with Crippen LogP contribution in [0.3, 0.4) is 0 Å². The molecule has 0 saturated heterocycles. The summed E-state index contributed by atoms with van der Waals surface area (Å²) in [6.07, 6.45) is 10.8. The number of carbonyl (C=O) groups excluding carboxylic acids is 1. The molecule has 4 saturated carbocycles. The van der Waals surface area contributed by atoms with Gasteiger partial charge in [-0.2, -0.15) is 0 Å². The molecule has 5 nitrogen and oxygen atoms in total. The van der Waals surface area contributed by atoms with Crippen LogP contribution in [-0.2, 0) is 6.54 Å². The fraction of sp³-hybridized carbons (Fsp3) is 0.727. The monoisotopic (exact) mass is 476 g/mol. The van der Waals surface area contributed by atoms with Gasteiger partial charge in [-0.15, -0.1) is 24.8 Å². The van der Waals surface area contributed by atoms with Crippen molar-refractivity contribution in [3.63, 3.8) is 0 Å². The molecule has 1 heterocycles. The van der Waals surface area contributed by atoms with Gasteiger partial charge in [0, 0.05) is 19.3 Å². The summed E-state index contributed by atoms with van der Waals surface area (Å²) in [6.45, 7) is 3.35. The van der Waals surface area contributed by atoms with Crippen LogP contribution in [0, 0.1) is 23.2 Å². The number of aromatic nitrogens is 1. The van der Waals surface area contributed by atoms with E-state index < -0.39 is 0 Å². The van der Waals surface area contributed by atoms with Gasteiger partial charge in [-0.05, 0) is 94.3 Å². The minimum Gasteiger partial charge on any atom is -0.351 e. The molecule has 170 valence electrons. The zero-order valence-electron chi connectivity index (χ0n) is 17.7. The van der Waals surface area contributed by atoms with Crippen LogP contribution in [0.25, 0.3) is 0 Å². The minimum absolute atomic E-state index is 0. The van der Waals surface area contributed by atoms with Crippen LogP contribution in [0.15, 0.2) is 12.3 Å². The summed E-state index contributed by atoms with van der Waals surface area (Å²) in [5, 5.41) is 10.2. The van der Waals surface area contributed by atoms with E-state index in [1.807, 2.05) is 13.1 Å². The van der Waals surface area contributed by atoms with Crippen molar-refractivity contribution in [2.45, 2.75) is 51.5 Å². The molecule has 1 aromatic heterocycles. The minimum atomic E-state index is -0.0559. The molecule has 1 aromatic rings. The van der Waals surface area contributed by atoms with E-state index in [-0.39, 0.29) is 30.7 Å². The van der Waals surface area contributed by atoms with Crippen molar-refractivity contribution in [1.82, 2.24) is 20.9 Å². The highest BCUT2D eigenvalue weighted by Gasteiger charge is 2.50. The number of nitrogens with one attached hydrogen (secondary N) is 3. The molecule has 4 aliphatic rings. The molecule has 0 atom stereocenters. The molecule has 8 heteroatoms. The summed E-state index contributed by atoms with van der Waals surface area (Å²) in [5.41, 5.74) is 1.74. The molecule has 3 N–H and O–H groups in total. The van der Waals surface area contributed by atoms with Gasteiger partial charge >= 0.3 is 0 Å². The van der Waals surface area contributed by atoms with Crippen LogP contribution in [0.4, 0.5) is 0 Å². The maximum absolute atomic E-state index is 12.9. The van der Waals surface area contributed by atoms with Crippen LogP contribution < -0.4 is 16.0 Å².